The van der Waals surface area contributed by atoms with Crippen LogP contribution in [0.1, 0.15) is 34.6 Å². The van der Waals surface area contributed by atoms with E-state index in [1.165, 1.54) is 0 Å². The summed E-state index contributed by atoms with van der Waals surface area (Å²) in [6.07, 6.45) is 3.09. The number of rotatable bonds is 4. The Balaban J connectivity index is 1.52. The molecule has 0 aliphatic heterocycles. The minimum atomic E-state index is -0.265. The smallest absolute Gasteiger partial charge is 0.254 e. The second kappa shape index (κ2) is 7.03. The van der Waals surface area contributed by atoms with Gasteiger partial charge in [-0.3, -0.25) is 4.79 Å². The van der Waals surface area contributed by atoms with Crippen LogP contribution in [0.15, 0.2) is 71.4 Å². The maximum absolute atomic E-state index is 12.6. The molecule has 2 aromatic carbocycles. The van der Waals surface area contributed by atoms with Crippen molar-refractivity contribution in [2.75, 3.05) is 0 Å². The zero-order valence-electron chi connectivity index (χ0n) is 15.1. The lowest BCUT2D eigenvalue weighted by molar-refractivity contribution is 0.0935. The number of benzene rings is 2. The molecule has 2 heterocycles. The lowest BCUT2D eigenvalue weighted by atomic mass is 10.1. The van der Waals surface area contributed by atoms with E-state index < -0.39 is 0 Å². The third-order valence-corrected chi connectivity index (χ3v) is 4.57. The number of amides is 1. The van der Waals surface area contributed by atoms with E-state index in [1.54, 1.807) is 12.4 Å². The summed E-state index contributed by atoms with van der Waals surface area (Å²) in [6, 6.07) is 17.2. The summed E-state index contributed by atoms with van der Waals surface area (Å²) in [6.45, 7) is 3.91. The van der Waals surface area contributed by atoms with Crippen LogP contribution in [0.5, 0.6) is 0 Å². The first-order chi connectivity index (χ1) is 13.1. The van der Waals surface area contributed by atoms with Crippen molar-refractivity contribution >= 4 is 16.9 Å². The second-order valence-electron chi connectivity index (χ2n) is 6.44. The Kier molecular flexibility index (Phi) is 4.42. The van der Waals surface area contributed by atoms with Crippen molar-refractivity contribution in [1.82, 2.24) is 15.3 Å². The van der Waals surface area contributed by atoms with Crippen molar-refractivity contribution in [1.29, 1.82) is 0 Å². The van der Waals surface area contributed by atoms with Crippen LogP contribution in [0, 0.1) is 6.92 Å². The van der Waals surface area contributed by atoms with E-state index in [0.717, 1.165) is 27.9 Å². The molecule has 1 atom stereocenters. The highest BCUT2D eigenvalue weighted by Gasteiger charge is 2.19. The maximum Gasteiger partial charge on any atom is 0.254 e. The van der Waals surface area contributed by atoms with Gasteiger partial charge in [0.05, 0.1) is 11.6 Å². The van der Waals surface area contributed by atoms with Crippen LogP contribution >= 0.6 is 0 Å². The molecular formula is C22H19N3O2. The van der Waals surface area contributed by atoms with Crippen molar-refractivity contribution in [3.63, 3.8) is 0 Å². The molecule has 1 N–H and O–H groups in total. The van der Waals surface area contributed by atoms with Gasteiger partial charge in [0.15, 0.2) is 5.82 Å². The van der Waals surface area contributed by atoms with Gasteiger partial charge in [-0.25, -0.2) is 9.97 Å². The molecule has 2 aromatic heterocycles. The Hall–Kier alpha value is -3.47. The predicted molar refractivity (Wildman–Crippen MR) is 104 cm³/mol. The van der Waals surface area contributed by atoms with Crippen LogP contribution in [-0.4, -0.2) is 15.9 Å². The van der Waals surface area contributed by atoms with Gasteiger partial charge < -0.3 is 9.73 Å². The van der Waals surface area contributed by atoms with Gasteiger partial charge in [0, 0.05) is 28.9 Å². The first-order valence-corrected chi connectivity index (χ1v) is 8.80. The first kappa shape index (κ1) is 17.0. The third-order valence-electron chi connectivity index (χ3n) is 4.57. The molecule has 0 aliphatic rings. The molecule has 0 saturated carbocycles. The van der Waals surface area contributed by atoms with E-state index in [4.69, 9.17) is 4.42 Å². The van der Waals surface area contributed by atoms with E-state index >= 15 is 0 Å². The normalized spacial score (nSPS) is 12.1. The number of aryl methyl sites for hydroxylation is 1. The molecule has 1 unspecified atom stereocenters. The molecule has 27 heavy (non-hydrogen) atoms. The van der Waals surface area contributed by atoms with Crippen LogP contribution < -0.4 is 5.32 Å². The van der Waals surface area contributed by atoms with Gasteiger partial charge in [0.25, 0.3) is 5.91 Å². The van der Waals surface area contributed by atoms with Crippen LogP contribution in [0.4, 0.5) is 0 Å². The molecule has 5 heteroatoms. The highest BCUT2D eigenvalue weighted by molar-refractivity contribution is 5.94. The third kappa shape index (κ3) is 3.31. The minimum absolute atomic E-state index is 0.234. The number of carbonyl (C=O) groups excluding carboxylic acids is 1. The summed E-state index contributed by atoms with van der Waals surface area (Å²) in [4.78, 5) is 21.2. The number of aromatic nitrogens is 2. The maximum atomic E-state index is 12.6. The average molecular weight is 357 g/mol. The molecule has 0 spiro atoms. The fraction of sp³-hybridized carbons (Fsp3) is 0.136. The molecule has 0 radical (unpaired) electrons. The van der Waals surface area contributed by atoms with E-state index in [9.17, 15) is 4.79 Å². The van der Waals surface area contributed by atoms with Crippen LogP contribution in [0.3, 0.4) is 0 Å². The molecule has 134 valence electrons. The van der Waals surface area contributed by atoms with Gasteiger partial charge in [0.2, 0.25) is 0 Å². The summed E-state index contributed by atoms with van der Waals surface area (Å²) < 4.78 is 5.93. The zero-order valence-corrected chi connectivity index (χ0v) is 15.1. The number of hydrogen-bond acceptors (Lipinski definition) is 4. The van der Waals surface area contributed by atoms with Gasteiger partial charge in [-0.1, -0.05) is 48.5 Å². The van der Waals surface area contributed by atoms with Gasteiger partial charge in [0.1, 0.15) is 11.3 Å². The van der Waals surface area contributed by atoms with E-state index in [2.05, 4.69) is 15.3 Å². The molecule has 0 saturated heterocycles. The molecule has 0 aliphatic carbocycles. The number of carbonyl (C=O) groups is 1. The molecule has 0 bridgehead atoms. The Bertz CT molecular complexity index is 1090. The number of fused-ring (bicyclic) bond motifs is 1. The quantitative estimate of drug-likeness (QED) is 0.575. The monoisotopic (exact) mass is 357 g/mol. The van der Waals surface area contributed by atoms with Gasteiger partial charge in [-0.2, -0.15) is 0 Å². The summed E-state index contributed by atoms with van der Waals surface area (Å²) in [7, 11) is 0. The first-order valence-electron chi connectivity index (χ1n) is 8.80. The average Bonchev–Trinajstić information content (AvgIpc) is 3.06. The molecule has 4 aromatic rings. The SMILES string of the molecule is Cc1c(C(C)NC(=O)c2cnc(-c3ccccc3)nc2)oc2ccccc12. The summed E-state index contributed by atoms with van der Waals surface area (Å²) in [5, 5.41) is 4.02. The Morgan fingerprint density at radius 1 is 1.00 bits per heavy atom. The molecule has 5 nitrogen and oxygen atoms in total. The van der Waals surface area contributed by atoms with Crippen molar-refractivity contribution < 1.29 is 9.21 Å². The Morgan fingerprint density at radius 3 is 2.37 bits per heavy atom. The number of para-hydroxylation sites is 1. The van der Waals surface area contributed by atoms with E-state index in [0.29, 0.717) is 11.4 Å². The Labute approximate surface area is 157 Å². The number of hydrogen-bond donors (Lipinski definition) is 1. The van der Waals surface area contributed by atoms with E-state index in [-0.39, 0.29) is 11.9 Å². The minimum Gasteiger partial charge on any atom is -0.459 e. The van der Waals surface area contributed by atoms with Crippen molar-refractivity contribution in [3.8, 4) is 11.4 Å². The summed E-state index contributed by atoms with van der Waals surface area (Å²) >= 11 is 0. The summed E-state index contributed by atoms with van der Waals surface area (Å²) in [5.74, 6) is 1.11. The molecule has 1 amide bonds. The molecule has 4 rings (SSSR count). The lowest BCUT2D eigenvalue weighted by Gasteiger charge is -2.12. The zero-order chi connectivity index (χ0) is 18.8. The Morgan fingerprint density at radius 2 is 1.67 bits per heavy atom. The van der Waals surface area contributed by atoms with Crippen LogP contribution in [0.2, 0.25) is 0 Å². The predicted octanol–water partition coefficient (Wildman–Crippen LogP) is 4.69. The number of nitrogens with one attached hydrogen (secondary N) is 1. The standard InChI is InChI=1S/C22H19N3O2/c1-14-18-10-6-7-11-19(18)27-20(14)15(2)25-22(26)17-12-23-21(24-13-17)16-8-4-3-5-9-16/h3-13,15H,1-2H3,(H,25,26). The lowest BCUT2D eigenvalue weighted by Crippen LogP contribution is -2.27. The van der Waals surface area contributed by atoms with Gasteiger partial charge in [-0.15, -0.1) is 0 Å². The highest BCUT2D eigenvalue weighted by atomic mass is 16.3. The second-order valence-corrected chi connectivity index (χ2v) is 6.44. The van der Waals surface area contributed by atoms with Crippen molar-refractivity contribution in [2.24, 2.45) is 0 Å². The number of nitrogens with zero attached hydrogens (tertiary/aromatic N) is 2. The highest BCUT2D eigenvalue weighted by Crippen LogP contribution is 2.29. The molecular weight excluding hydrogens is 338 g/mol. The molecule has 0 fully saturated rings. The van der Waals surface area contributed by atoms with Crippen LogP contribution in [0.25, 0.3) is 22.4 Å². The largest absolute Gasteiger partial charge is 0.459 e. The summed E-state index contributed by atoms with van der Waals surface area (Å²) in [5.41, 5.74) is 3.18. The topological polar surface area (TPSA) is 68.0 Å². The van der Waals surface area contributed by atoms with E-state index in [1.807, 2.05) is 68.4 Å². The fourth-order valence-corrected chi connectivity index (χ4v) is 3.13. The number of furan rings is 1. The van der Waals surface area contributed by atoms with Gasteiger partial charge in [-0.05, 0) is 19.9 Å². The van der Waals surface area contributed by atoms with Crippen molar-refractivity contribution in [2.45, 2.75) is 19.9 Å². The van der Waals surface area contributed by atoms with Crippen LogP contribution in [-0.2, 0) is 0 Å². The van der Waals surface area contributed by atoms with Gasteiger partial charge >= 0.3 is 0 Å². The fourth-order valence-electron chi connectivity index (χ4n) is 3.13. The van der Waals surface area contributed by atoms with Crippen molar-refractivity contribution in [3.05, 3.63) is 83.9 Å².